The van der Waals surface area contributed by atoms with Gasteiger partial charge < -0.3 is 0 Å². The summed E-state index contributed by atoms with van der Waals surface area (Å²) in [5.41, 5.74) is 6.36. The number of benzene rings is 1. The van der Waals surface area contributed by atoms with Crippen LogP contribution in [0.5, 0.6) is 0 Å². The van der Waals surface area contributed by atoms with Crippen LogP contribution >= 0.6 is 11.3 Å². The second-order valence-electron chi connectivity index (χ2n) is 5.93. The zero-order chi connectivity index (χ0) is 19.7. The molecule has 0 radical (unpaired) electrons. The number of hydrogen-bond acceptors (Lipinski definition) is 5. The van der Waals surface area contributed by atoms with Gasteiger partial charge in [-0.2, -0.15) is 5.10 Å². The average Bonchev–Trinajstić information content (AvgIpc) is 3.28. The number of aromatic nitrogens is 3. The monoisotopic (exact) mass is 395 g/mol. The van der Waals surface area contributed by atoms with Crippen molar-refractivity contribution in [2.45, 2.75) is 6.92 Å². The maximum Gasteiger partial charge on any atom is 0.288 e. The van der Waals surface area contributed by atoms with Crippen molar-refractivity contribution >= 4 is 33.4 Å². The molecule has 140 valence electrons. The molecule has 4 aromatic rings. The molecule has 0 spiro atoms. The predicted molar refractivity (Wildman–Crippen MR) is 103 cm³/mol. The number of thiophene rings is 1. The summed E-state index contributed by atoms with van der Waals surface area (Å²) in [6.07, 6.45) is 1.49. The maximum atomic E-state index is 13.2. The van der Waals surface area contributed by atoms with Crippen LogP contribution in [-0.2, 0) is 0 Å². The normalized spacial score (nSPS) is 10.8. The van der Waals surface area contributed by atoms with E-state index in [1.54, 1.807) is 41.1 Å². The average molecular weight is 395 g/mol. The minimum Gasteiger partial charge on any atom is -0.266 e. The first-order valence-electron chi connectivity index (χ1n) is 8.30. The van der Waals surface area contributed by atoms with Crippen molar-refractivity contribution in [3.8, 4) is 5.69 Å². The Labute approximate surface area is 162 Å². The molecular weight excluding hydrogens is 381 g/mol. The lowest BCUT2D eigenvalue weighted by molar-refractivity contribution is 0.0846. The standard InChI is InChI=1S/C19H14FN5O2S/c1-11-14-10-16(18(27)23-22-17(26)15-4-2-3-9-21-15)28-19(14)25(24-11)13-7-5-12(20)6-8-13/h2-10H,1H3,(H,22,26)(H,23,27). The molecule has 0 aliphatic heterocycles. The highest BCUT2D eigenvalue weighted by Crippen LogP contribution is 2.30. The molecule has 0 bridgehead atoms. The number of nitrogens with zero attached hydrogens (tertiary/aromatic N) is 3. The molecule has 4 rings (SSSR count). The lowest BCUT2D eigenvalue weighted by Gasteiger charge is -2.05. The molecule has 1 aromatic carbocycles. The van der Waals surface area contributed by atoms with Crippen molar-refractivity contribution in [1.82, 2.24) is 25.6 Å². The van der Waals surface area contributed by atoms with Crippen LogP contribution in [0.25, 0.3) is 15.9 Å². The number of hydrogen-bond donors (Lipinski definition) is 2. The second-order valence-corrected chi connectivity index (χ2v) is 6.96. The van der Waals surface area contributed by atoms with Gasteiger partial charge in [-0.3, -0.25) is 25.4 Å². The third kappa shape index (κ3) is 3.35. The molecule has 0 aliphatic carbocycles. The molecule has 2 N–H and O–H groups in total. The van der Waals surface area contributed by atoms with E-state index in [4.69, 9.17) is 0 Å². The Balaban J connectivity index is 1.56. The molecular formula is C19H14FN5O2S. The highest BCUT2D eigenvalue weighted by Gasteiger charge is 2.18. The number of fused-ring (bicyclic) bond motifs is 1. The summed E-state index contributed by atoms with van der Waals surface area (Å²) in [6.45, 7) is 1.83. The van der Waals surface area contributed by atoms with E-state index < -0.39 is 11.8 Å². The number of pyridine rings is 1. The molecule has 3 heterocycles. The number of rotatable bonds is 3. The highest BCUT2D eigenvalue weighted by molar-refractivity contribution is 7.20. The summed E-state index contributed by atoms with van der Waals surface area (Å²) >= 11 is 1.23. The largest absolute Gasteiger partial charge is 0.288 e. The van der Waals surface area contributed by atoms with Gasteiger partial charge in [0.25, 0.3) is 11.8 Å². The van der Waals surface area contributed by atoms with Crippen molar-refractivity contribution in [3.05, 3.63) is 76.8 Å². The van der Waals surface area contributed by atoms with Crippen LogP contribution in [0.1, 0.15) is 25.9 Å². The van der Waals surface area contributed by atoms with Gasteiger partial charge in [-0.15, -0.1) is 11.3 Å². The zero-order valence-electron chi connectivity index (χ0n) is 14.6. The van der Waals surface area contributed by atoms with Crippen LogP contribution in [0.4, 0.5) is 4.39 Å². The predicted octanol–water partition coefficient (Wildman–Crippen LogP) is 3.00. The Hall–Kier alpha value is -3.59. The smallest absolute Gasteiger partial charge is 0.266 e. The lowest BCUT2D eigenvalue weighted by Crippen LogP contribution is -2.41. The Morgan fingerprint density at radius 2 is 1.82 bits per heavy atom. The van der Waals surface area contributed by atoms with Gasteiger partial charge in [0, 0.05) is 11.6 Å². The van der Waals surface area contributed by atoms with Crippen molar-refractivity contribution in [2.24, 2.45) is 0 Å². The summed E-state index contributed by atoms with van der Waals surface area (Å²) in [5, 5.41) is 5.27. The third-order valence-electron chi connectivity index (χ3n) is 4.03. The molecule has 0 unspecified atom stereocenters. The van der Waals surface area contributed by atoms with E-state index >= 15 is 0 Å². The van der Waals surface area contributed by atoms with E-state index in [2.05, 4.69) is 20.9 Å². The Morgan fingerprint density at radius 1 is 1.07 bits per heavy atom. The van der Waals surface area contributed by atoms with Crippen molar-refractivity contribution in [1.29, 1.82) is 0 Å². The molecule has 2 amide bonds. The number of amides is 2. The number of hydrazine groups is 1. The van der Waals surface area contributed by atoms with Crippen molar-refractivity contribution < 1.29 is 14.0 Å². The summed E-state index contributed by atoms with van der Waals surface area (Å²) < 4.78 is 14.8. The molecule has 7 nitrogen and oxygen atoms in total. The fourth-order valence-electron chi connectivity index (χ4n) is 2.65. The fourth-order valence-corrected chi connectivity index (χ4v) is 3.73. The molecule has 0 fully saturated rings. The first-order valence-corrected chi connectivity index (χ1v) is 9.11. The van der Waals surface area contributed by atoms with Gasteiger partial charge >= 0.3 is 0 Å². The first kappa shape index (κ1) is 17.8. The number of carbonyl (C=O) groups excluding carboxylic acids is 2. The summed E-state index contributed by atoms with van der Waals surface area (Å²) in [5.74, 6) is -1.29. The van der Waals surface area contributed by atoms with Gasteiger partial charge in [0.15, 0.2) is 0 Å². The Bertz CT molecular complexity index is 1170. The third-order valence-corrected chi connectivity index (χ3v) is 5.14. The van der Waals surface area contributed by atoms with Gasteiger partial charge in [0.1, 0.15) is 16.3 Å². The minimum atomic E-state index is -0.510. The van der Waals surface area contributed by atoms with Gasteiger partial charge in [-0.1, -0.05) is 6.07 Å². The number of halogens is 1. The van der Waals surface area contributed by atoms with E-state index in [0.717, 1.165) is 15.9 Å². The van der Waals surface area contributed by atoms with Crippen LogP contribution in [0.3, 0.4) is 0 Å². The summed E-state index contributed by atoms with van der Waals surface area (Å²) in [7, 11) is 0. The number of carbonyl (C=O) groups is 2. The zero-order valence-corrected chi connectivity index (χ0v) is 15.5. The SMILES string of the molecule is Cc1nn(-c2ccc(F)cc2)c2sc(C(=O)NNC(=O)c3ccccn3)cc12. The number of nitrogens with one attached hydrogen (secondary N) is 2. The van der Waals surface area contributed by atoms with E-state index in [0.29, 0.717) is 10.6 Å². The molecule has 28 heavy (non-hydrogen) atoms. The minimum absolute atomic E-state index is 0.196. The maximum absolute atomic E-state index is 13.2. The van der Waals surface area contributed by atoms with Crippen LogP contribution in [0.2, 0.25) is 0 Å². The fraction of sp³-hybridized carbons (Fsp3) is 0.0526. The van der Waals surface area contributed by atoms with Crippen molar-refractivity contribution in [2.75, 3.05) is 0 Å². The number of aryl methyl sites for hydroxylation is 1. The van der Waals surface area contributed by atoms with Crippen LogP contribution in [-0.4, -0.2) is 26.6 Å². The molecule has 0 aliphatic rings. The van der Waals surface area contributed by atoms with Gasteiger partial charge in [0.2, 0.25) is 0 Å². The van der Waals surface area contributed by atoms with Gasteiger partial charge in [-0.05, 0) is 49.4 Å². The Kier molecular flexibility index (Phi) is 4.58. The second kappa shape index (κ2) is 7.20. The van der Waals surface area contributed by atoms with Crippen LogP contribution in [0, 0.1) is 12.7 Å². The molecule has 0 saturated carbocycles. The topological polar surface area (TPSA) is 88.9 Å². The lowest BCUT2D eigenvalue weighted by atomic mass is 10.3. The summed E-state index contributed by atoms with van der Waals surface area (Å²) in [6, 6.07) is 12.6. The van der Waals surface area contributed by atoms with Crippen LogP contribution in [0.15, 0.2) is 54.7 Å². The Morgan fingerprint density at radius 3 is 2.54 bits per heavy atom. The molecule has 9 heteroatoms. The molecule has 0 atom stereocenters. The molecule has 3 aromatic heterocycles. The van der Waals surface area contributed by atoms with E-state index in [-0.39, 0.29) is 11.5 Å². The first-order chi connectivity index (χ1) is 13.5. The van der Waals surface area contributed by atoms with E-state index in [9.17, 15) is 14.0 Å². The van der Waals surface area contributed by atoms with Gasteiger partial charge in [0.05, 0.1) is 16.3 Å². The van der Waals surface area contributed by atoms with E-state index in [1.165, 1.54) is 29.7 Å². The summed E-state index contributed by atoms with van der Waals surface area (Å²) in [4.78, 5) is 29.5. The van der Waals surface area contributed by atoms with Crippen molar-refractivity contribution in [3.63, 3.8) is 0 Å². The van der Waals surface area contributed by atoms with Gasteiger partial charge in [-0.25, -0.2) is 9.07 Å². The highest BCUT2D eigenvalue weighted by atomic mass is 32.1. The quantitative estimate of drug-likeness (QED) is 0.522. The molecule has 0 saturated heterocycles. The van der Waals surface area contributed by atoms with E-state index in [1.807, 2.05) is 6.92 Å². The van der Waals surface area contributed by atoms with Crippen LogP contribution < -0.4 is 10.9 Å².